The Bertz CT molecular complexity index is 665. The van der Waals surface area contributed by atoms with Crippen molar-refractivity contribution in [3.05, 3.63) is 34.8 Å². The molecule has 0 saturated heterocycles. The number of hydrogen-bond acceptors (Lipinski definition) is 5. The van der Waals surface area contributed by atoms with Gasteiger partial charge in [0.2, 0.25) is 10.0 Å². The average Bonchev–Trinajstić information content (AvgIpc) is 3.14. The quantitative estimate of drug-likeness (QED) is 0.839. The molecule has 0 saturated carbocycles. The molecule has 0 spiro atoms. The highest BCUT2D eigenvalue weighted by atomic mass is 32.2. The van der Waals surface area contributed by atoms with Crippen molar-refractivity contribution in [3.8, 4) is 0 Å². The Morgan fingerprint density at radius 3 is 2.90 bits per heavy atom. The van der Waals surface area contributed by atoms with Crippen LogP contribution in [0.25, 0.3) is 0 Å². The lowest BCUT2D eigenvalue weighted by molar-refractivity contribution is 0.277. The van der Waals surface area contributed by atoms with Gasteiger partial charge in [0.05, 0.1) is 12.2 Å². The minimum atomic E-state index is -3.57. The summed E-state index contributed by atoms with van der Waals surface area (Å²) in [4.78, 5) is 1.17. The fourth-order valence-electron chi connectivity index (χ4n) is 1.92. The van der Waals surface area contributed by atoms with Gasteiger partial charge in [-0.25, -0.2) is 8.42 Å². The van der Waals surface area contributed by atoms with Crippen LogP contribution in [-0.2, 0) is 16.6 Å². The molecule has 21 heavy (non-hydrogen) atoms. The number of sulfonamides is 1. The predicted octanol–water partition coefficient (Wildman–Crippen LogP) is 1.71. The molecule has 6 nitrogen and oxygen atoms in total. The zero-order valence-corrected chi connectivity index (χ0v) is 13.6. The third-order valence-corrected chi connectivity index (χ3v) is 6.26. The first kappa shape index (κ1) is 16.2. The Balaban J connectivity index is 2.19. The van der Waals surface area contributed by atoms with Gasteiger partial charge in [0, 0.05) is 31.3 Å². The van der Waals surface area contributed by atoms with Gasteiger partial charge in [-0.05, 0) is 24.8 Å². The van der Waals surface area contributed by atoms with Gasteiger partial charge in [-0.2, -0.15) is 9.40 Å². The predicted molar refractivity (Wildman–Crippen MR) is 81.6 cm³/mol. The third kappa shape index (κ3) is 3.52. The molecule has 0 aliphatic heterocycles. The topological polar surface area (TPSA) is 75.4 Å². The number of aromatic nitrogens is 2. The third-order valence-electron chi connectivity index (χ3n) is 3.33. The molecule has 0 fully saturated rings. The van der Waals surface area contributed by atoms with Crippen LogP contribution < -0.4 is 0 Å². The summed E-state index contributed by atoms with van der Waals surface area (Å²) in [6.45, 7) is 2.41. The molecular weight excluding hydrogens is 310 g/mol. The number of aliphatic hydroxyl groups is 1. The van der Waals surface area contributed by atoms with Crippen LogP contribution in [0.4, 0.5) is 0 Å². The smallest absolute Gasteiger partial charge is 0.246 e. The van der Waals surface area contributed by atoms with E-state index in [4.69, 9.17) is 5.11 Å². The zero-order valence-electron chi connectivity index (χ0n) is 12.0. The van der Waals surface area contributed by atoms with Gasteiger partial charge in [0.15, 0.2) is 0 Å². The van der Waals surface area contributed by atoms with E-state index < -0.39 is 10.0 Å². The van der Waals surface area contributed by atoms with Crippen molar-refractivity contribution >= 4 is 21.4 Å². The first-order chi connectivity index (χ1) is 9.96. The molecule has 2 aromatic rings. The molecule has 1 atom stereocenters. The van der Waals surface area contributed by atoms with Gasteiger partial charge in [0.1, 0.15) is 4.90 Å². The van der Waals surface area contributed by atoms with Crippen LogP contribution in [0, 0.1) is 0 Å². The summed E-state index contributed by atoms with van der Waals surface area (Å²) in [6.07, 6.45) is 3.40. The van der Waals surface area contributed by atoms with Crippen LogP contribution in [0.2, 0.25) is 0 Å². The summed E-state index contributed by atoms with van der Waals surface area (Å²) in [7, 11) is -2.00. The minimum absolute atomic E-state index is 0.0528. The van der Waals surface area contributed by atoms with E-state index in [1.807, 2.05) is 24.4 Å². The van der Waals surface area contributed by atoms with E-state index >= 15 is 0 Å². The molecule has 0 bridgehead atoms. The van der Waals surface area contributed by atoms with Crippen molar-refractivity contribution in [3.63, 3.8) is 0 Å². The van der Waals surface area contributed by atoms with Gasteiger partial charge >= 0.3 is 0 Å². The summed E-state index contributed by atoms with van der Waals surface area (Å²) in [5.74, 6) is 0. The largest absolute Gasteiger partial charge is 0.396 e. The second-order valence-corrected chi connectivity index (χ2v) is 7.71. The Labute approximate surface area is 128 Å². The normalized spacial score (nSPS) is 13.7. The number of hydrogen-bond donors (Lipinski definition) is 1. The van der Waals surface area contributed by atoms with Gasteiger partial charge in [-0.1, -0.05) is 6.07 Å². The molecule has 0 aliphatic carbocycles. The maximum Gasteiger partial charge on any atom is 0.246 e. The lowest BCUT2D eigenvalue weighted by atomic mass is 10.3. The fraction of sp³-hybridized carbons (Fsp3) is 0.462. The molecule has 0 radical (unpaired) electrons. The molecular formula is C13H19N3O3S2. The van der Waals surface area contributed by atoms with Crippen molar-refractivity contribution in [1.29, 1.82) is 0 Å². The Morgan fingerprint density at radius 1 is 1.52 bits per heavy atom. The molecule has 1 unspecified atom stereocenters. The summed E-state index contributed by atoms with van der Waals surface area (Å²) in [5, 5.41) is 14.8. The lowest BCUT2D eigenvalue weighted by Gasteiger charge is -2.22. The number of aliphatic hydroxyl groups excluding tert-OH is 1. The van der Waals surface area contributed by atoms with Crippen molar-refractivity contribution in [2.75, 3.05) is 13.7 Å². The molecule has 2 rings (SSSR count). The number of rotatable bonds is 7. The monoisotopic (exact) mass is 329 g/mol. The highest BCUT2D eigenvalue weighted by Crippen LogP contribution is 2.28. The summed E-state index contributed by atoms with van der Waals surface area (Å²) < 4.78 is 28.1. The molecule has 0 aromatic carbocycles. The SMILES string of the molecule is CC(c1cccs1)N(C)S(=O)(=O)c1cnn(CCCO)c1. The Morgan fingerprint density at radius 2 is 2.29 bits per heavy atom. The van der Waals surface area contributed by atoms with Crippen molar-refractivity contribution in [2.45, 2.75) is 30.8 Å². The van der Waals surface area contributed by atoms with Crippen molar-refractivity contribution in [1.82, 2.24) is 14.1 Å². The number of aryl methyl sites for hydroxylation is 1. The van der Waals surface area contributed by atoms with Crippen LogP contribution >= 0.6 is 11.3 Å². The van der Waals surface area contributed by atoms with Crippen LogP contribution in [0.15, 0.2) is 34.8 Å². The van der Waals surface area contributed by atoms with Crippen LogP contribution in [0.3, 0.4) is 0 Å². The molecule has 116 valence electrons. The fourth-order valence-corrected chi connectivity index (χ4v) is 4.11. The maximum absolute atomic E-state index is 12.6. The van der Waals surface area contributed by atoms with Gasteiger partial charge in [-0.3, -0.25) is 4.68 Å². The molecule has 1 N–H and O–H groups in total. The van der Waals surface area contributed by atoms with Gasteiger partial charge in [0.25, 0.3) is 0 Å². The first-order valence-electron chi connectivity index (χ1n) is 6.61. The second-order valence-electron chi connectivity index (χ2n) is 4.73. The summed E-state index contributed by atoms with van der Waals surface area (Å²) >= 11 is 1.53. The lowest BCUT2D eigenvalue weighted by Crippen LogP contribution is -2.29. The summed E-state index contributed by atoms with van der Waals surface area (Å²) in [6, 6.07) is 3.60. The molecule has 0 amide bonds. The Kier molecular flexibility index (Phi) is 5.15. The van der Waals surface area contributed by atoms with E-state index in [9.17, 15) is 8.42 Å². The molecule has 2 heterocycles. The number of nitrogens with zero attached hydrogens (tertiary/aromatic N) is 3. The standard InChI is InChI=1S/C13H19N3O3S2/c1-11(13-5-3-8-20-13)15(2)21(18,19)12-9-14-16(10-12)6-4-7-17/h3,5,8-11,17H,4,6-7H2,1-2H3. The zero-order chi connectivity index (χ0) is 15.5. The first-order valence-corrected chi connectivity index (χ1v) is 8.93. The molecule has 2 aromatic heterocycles. The molecule has 0 aliphatic rings. The van der Waals surface area contributed by atoms with E-state index in [2.05, 4.69) is 5.10 Å². The maximum atomic E-state index is 12.6. The Hall–Kier alpha value is -1.22. The summed E-state index contributed by atoms with van der Waals surface area (Å²) in [5.41, 5.74) is 0. The highest BCUT2D eigenvalue weighted by Gasteiger charge is 2.28. The molecule has 8 heteroatoms. The van der Waals surface area contributed by atoms with Gasteiger partial charge < -0.3 is 5.11 Å². The van der Waals surface area contributed by atoms with E-state index in [1.165, 1.54) is 32.7 Å². The number of thiophene rings is 1. The van der Waals surface area contributed by atoms with Crippen molar-refractivity contribution in [2.24, 2.45) is 0 Å². The van der Waals surface area contributed by atoms with Crippen LogP contribution in [-0.4, -0.2) is 41.3 Å². The van der Waals surface area contributed by atoms with Crippen LogP contribution in [0.5, 0.6) is 0 Å². The van der Waals surface area contributed by atoms with E-state index in [1.54, 1.807) is 7.05 Å². The van der Waals surface area contributed by atoms with E-state index in [0.29, 0.717) is 13.0 Å². The highest BCUT2D eigenvalue weighted by molar-refractivity contribution is 7.89. The minimum Gasteiger partial charge on any atom is -0.396 e. The van der Waals surface area contributed by atoms with Crippen molar-refractivity contribution < 1.29 is 13.5 Å². The van der Waals surface area contributed by atoms with E-state index in [-0.39, 0.29) is 17.5 Å². The average molecular weight is 329 g/mol. The van der Waals surface area contributed by atoms with Gasteiger partial charge in [-0.15, -0.1) is 11.3 Å². The second kappa shape index (κ2) is 6.69. The van der Waals surface area contributed by atoms with Crippen LogP contribution in [0.1, 0.15) is 24.3 Å². The van der Waals surface area contributed by atoms with E-state index in [0.717, 1.165) is 4.88 Å².